The van der Waals surface area contributed by atoms with Crippen molar-refractivity contribution in [3.05, 3.63) is 94.5 Å². The van der Waals surface area contributed by atoms with Crippen molar-refractivity contribution in [2.45, 2.75) is 20.0 Å². The number of carbonyl (C=O) groups is 1. The van der Waals surface area contributed by atoms with Crippen molar-refractivity contribution < 1.29 is 9.53 Å². The van der Waals surface area contributed by atoms with Gasteiger partial charge in [0, 0.05) is 17.7 Å². The van der Waals surface area contributed by atoms with Crippen molar-refractivity contribution in [1.82, 2.24) is 0 Å². The summed E-state index contributed by atoms with van der Waals surface area (Å²) in [5.74, 6) is 6.23. The van der Waals surface area contributed by atoms with Crippen LogP contribution in [0.15, 0.2) is 71.7 Å². The maximum Gasteiger partial charge on any atom is 0.230 e. The Balaban J connectivity index is 1.79. The highest BCUT2D eigenvalue weighted by Gasteiger charge is 2.19. The first-order valence-corrected chi connectivity index (χ1v) is 10.4. The lowest BCUT2D eigenvalue weighted by Crippen LogP contribution is -2.15. The van der Waals surface area contributed by atoms with Crippen LogP contribution in [0.1, 0.15) is 41.2 Å². The summed E-state index contributed by atoms with van der Waals surface area (Å²) in [6.07, 6.45) is 0.120. The van der Waals surface area contributed by atoms with E-state index in [-0.39, 0.29) is 12.3 Å². The van der Waals surface area contributed by atoms with Gasteiger partial charge in [0.1, 0.15) is 0 Å². The molecular weight excluding hydrogens is 398 g/mol. The first-order chi connectivity index (χ1) is 15.7. The molecule has 0 aromatic heterocycles. The van der Waals surface area contributed by atoms with E-state index in [1.807, 2.05) is 55.5 Å². The number of fused-ring (bicyclic) bond motifs is 1. The summed E-state index contributed by atoms with van der Waals surface area (Å²) < 4.78 is 5.66. The molecule has 1 amide bonds. The monoisotopic (exact) mass is 419 g/mol. The largest absolute Gasteiger partial charge is 0.377 e. The molecule has 0 aliphatic carbocycles. The number of carbonyl (C=O) groups excluding carboxylic acids is 1. The molecule has 0 spiro atoms. The van der Waals surface area contributed by atoms with Crippen LogP contribution in [0.4, 0.5) is 11.4 Å². The number of amides is 1. The highest BCUT2D eigenvalue weighted by molar-refractivity contribution is 6.17. The maximum absolute atomic E-state index is 12.6. The summed E-state index contributed by atoms with van der Waals surface area (Å²) in [6.45, 7) is 2.91. The Morgan fingerprint density at radius 1 is 1.03 bits per heavy atom. The third-order valence-corrected chi connectivity index (χ3v) is 4.98. The zero-order valence-corrected chi connectivity index (χ0v) is 17.7. The van der Waals surface area contributed by atoms with E-state index >= 15 is 0 Å². The summed E-state index contributed by atoms with van der Waals surface area (Å²) in [7, 11) is 0. The quantitative estimate of drug-likeness (QED) is 0.608. The highest BCUT2D eigenvalue weighted by Crippen LogP contribution is 2.33. The molecule has 1 heterocycles. The number of hydrogen-bond donors (Lipinski definition) is 1. The van der Waals surface area contributed by atoms with E-state index in [4.69, 9.17) is 9.73 Å². The minimum atomic E-state index is -0.163. The van der Waals surface area contributed by atoms with Gasteiger partial charge in [0.2, 0.25) is 5.91 Å². The molecule has 3 aromatic rings. The lowest BCUT2D eigenvalue weighted by atomic mass is 10.0. The molecule has 1 aliphatic rings. The van der Waals surface area contributed by atoms with Crippen molar-refractivity contribution in [1.29, 1.82) is 5.26 Å². The van der Waals surface area contributed by atoms with Crippen LogP contribution in [0.25, 0.3) is 0 Å². The molecule has 4 rings (SSSR count). The van der Waals surface area contributed by atoms with E-state index in [0.29, 0.717) is 35.9 Å². The molecule has 0 fully saturated rings. The zero-order chi connectivity index (χ0) is 22.3. The van der Waals surface area contributed by atoms with E-state index in [9.17, 15) is 10.1 Å². The van der Waals surface area contributed by atoms with Gasteiger partial charge in [-0.25, -0.2) is 0 Å². The second kappa shape index (κ2) is 9.75. The van der Waals surface area contributed by atoms with Crippen LogP contribution in [0.3, 0.4) is 0 Å². The summed E-state index contributed by atoms with van der Waals surface area (Å²) >= 11 is 0. The Morgan fingerprint density at radius 3 is 2.62 bits per heavy atom. The SMILES string of the molecule is CCOCc1cc2c(cc1C#Cc1ccccc1)NC(=O)CC(c1cccc(C#N)c1)=N2. The lowest BCUT2D eigenvalue weighted by Gasteiger charge is -2.11. The molecule has 0 saturated heterocycles. The zero-order valence-electron chi connectivity index (χ0n) is 17.7. The lowest BCUT2D eigenvalue weighted by molar-refractivity contribution is -0.115. The molecule has 0 bridgehead atoms. The Morgan fingerprint density at radius 2 is 1.84 bits per heavy atom. The molecule has 0 radical (unpaired) electrons. The van der Waals surface area contributed by atoms with Crippen molar-refractivity contribution in [3.63, 3.8) is 0 Å². The van der Waals surface area contributed by atoms with Crippen LogP contribution in [0, 0.1) is 23.2 Å². The average Bonchev–Trinajstić information content (AvgIpc) is 2.99. The van der Waals surface area contributed by atoms with Gasteiger partial charge in [-0.15, -0.1) is 0 Å². The Labute approximate surface area is 187 Å². The molecule has 1 N–H and O–H groups in total. The van der Waals surface area contributed by atoms with E-state index in [1.165, 1.54) is 0 Å². The second-order valence-electron chi connectivity index (χ2n) is 7.26. The number of rotatable bonds is 4. The number of anilines is 1. The van der Waals surface area contributed by atoms with Crippen LogP contribution in [0.5, 0.6) is 0 Å². The van der Waals surface area contributed by atoms with Gasteiger partial charge < -0.3 is 10.1 Å². The van der Waals surface area contributed by atoms with Crippen LogP contribution >= 0.6 is 0 Å². The van der Waals surface area contributed by atoms with E-state index in [1.54, 1.807) is 18.2 Å². The molecule has 32 heavy (non-hydrogen) atoms. The predicted molar refractivity (Wildman–Crippen MR) is 125 cm³/mol. The second-order valence-corrected chi connectivity index (χ2v) is 7.26. The van der Waals surface area contributed by atoms with Crippen LogP contribution < -0.4 is 5.32 Å². The Hall–Kier alpha value is -4.19. The van der Waals surface area contributed by atoms with Crippen molar-refractivity contribution in [2.24, 2.45) is 4.99 Å². The van der Waals surface area contributed by atoms with Gasteiger partial charge in [0.15, 0.2) is 0 Å². The van der Waals surface area contributed by atoms with Crippen LogP contribution in [0.2, 0.25) is 0 Å². The third kappa shape index (κ3) is 4.92. The van der Waals surface area contributed by atoms with E-state index in [2.05, 4.69) is 23.2 Å². The molecule has 156 valence electrons. The standard InChI is InChI=1S/C27H21N3O2/c1-2-32-18-23-15-25-26(14-21(23)12-11-19-7-4-3-5-8-19)30-27(31)16-24(29-25)22-10-6-9-20(13-22)17-28/h3-10,13-15H,2,16,18H2,1H3,(H,30,31). The summed E-state index contributed by atoms with van der Waals surface area (Å²) in [6, 6.07) is 22.8. The molecule has 1 aliphatic heterocycles. The predicted octanol–water partition coefficient (Wildman–Crippen LogP) is 4.96. The van der Waals surface area contributed by atoms with Gasteiger partial charge >= 0.3 is 0 Å². The maximum atomic E-state index is 12.6. The van der Waals surface area contributed by atoms with Gasteiger partial charge in [-0.05, 0) is 54.4 Å². The molecule has 0 saturated carbocycles. The van der Waals surface area contributed by atoms with Gasteiger partial charge in [-0.2, -0.15) is 5.26 Å². The summed E-state index contributed by atoms with van der Waals surface area (Å²) in [4.78, 5) is 17.4. The van der Waals surface area contributed by atoms with Crippen molar-refractivity contribution in [2.75, 3.05) is 11.9 Å². The fourth-order valence-electron chi connectivity index (χ4n) is 3.40. The number of nitrogens with zero attached hydrogens (tertiary/aromatic N) is 2. The fourth-order valence-corrected chi connectivity index (χ4v) is 3.40. The molecule has 0 atom stereocenters. The van der Waals surface area contributed by atoms with E-state index < -0.39 is 0 Å². The summed E-state index contributed by atoms with van der Waals surface area (Å²) in [5.41, 5.74) is 5.75. The Kier molecular flexibility index (Phi) is 6.41. The normalized spacial score (nSPS) is 12.4. The smallest absolute Gasteiger partial charge is 0.230 e. The summed E-state index contributed by atoms with van der Waals surface area (Å²) in [5, 5.41) is 12.2. The average molecular weight is 419 g/mol. The number of hydrogen-bond acceptors (Lipinski definition) is 4. The highest BCUT2D eigenvalue weighted by atomic mass is 16.5. The topological polar surface area (TPSA) is 74.5 Å². The van der Waals surface area contributed by atoms with Gasteiger partial charge in [-0.1, -0.05) is 42.2 Å². The molecule has 0 unspecified atom stereocenters. The van der Waals surface area contributed by atoms with Crippen molar-refractivity contribution >= 4 is 23.0 Å². The number of benzene rings is 3. The van der Waals surface area contributed by atoms with Gasteiger partial charge in [0.05, 0.1) is 41.7 Å². The minimum Gasteiger partial charge on any atom is -0.377 e. The van der Waals surface area contributed by atoms with Gasteiger partial charge in [0.25, 0.3) is 0 Å². The van der Waals surface area contributed by atoms with Crippen molar-refractivity contribution in [3.8, 4) is 17.9 Å². The minimum absolute atomic E-state index is 0.120. The molecule has 5 nitrogen and oxygen atoms in total. The van der Waals surface area contributed by atoms with Crippen LogP contribution in [-0.2, 0) is 16.1 Å². The number of aliphatic imine (C=N–C) groups is 1. The first-order valence-electron chi connectivity index (χ1n) is 10.4. The Bertz CT molecular complexity index is 1290. The molecule has 5 heteroatoms. The molecule has 3 aromatic carbocycles. The fraction of sp³-hybridized carbons (Fsp3) is 0.148. The molecular formula is C27H21N3O2. The third-order valence-electron chi connectivity index (χ3n) is 4.98. The van der Waals surface area contributed by atoms with Gasteiger partial charge in [-0.3, -0.25) is 9.79 Å². The number of nitriles is 1. The first kappa shape index (κ1) is 21.1. The van der Waals surface area contributed by atoms with E-state index in [0.717, 1.165) is 22.3 Å². The van der Waals surface area contributed by atoms with Crippen LogP contribution in [-0.4, -0.2) is 18.2 Å². The number of ether oxygens (including phenoxy) is 1. The number of nitrogens with one attached hydrogen (secondary N) is 1.